The second-order valence-electron chi connectivity index (χ2n) is 2.54. The Bertz CT molecular complexity index is 366. The summed E-state index contributed by atoms with van der Waals surface area (Å²) in [5, 5.41) is 17.2. The molecular weight excluding hydrogens is 148 g/mol. The van der Waals surface area contributed by atoms with Crippen LogP contribution < -0.4 is 0 Å². The standard InChI is InChI=1S/C10H8N2/c1-8-9(5-6-11)3-2-4-10(8)7-12/h2-4H,5H2,1H3. The van der Waals surface area contributed by atoms with Crippen LogP contribution in [0.3, 0.4) is 0 Å². The van der Waals surface area contributed by atoms with E-state index < -0.39 is 0 Å². The van der Waals surface area contributed by atoms with Crippen LogP contribution in [0.4, 0.5) is 0 Å². The van der Waals surface area contributed by atoms with Gasteiger partial charge in [0.15, 0.2) is 0 Å². The molecule has 0 atom stereocenters. The zero-order valence-corrected chi connectivity index (χ0v) is 6.83. The van der Waals surface area contributed by atoms with E-state index in [0.717, 1.165) is 11.1 Å². The van der Waals surface area contributed by atoms with Crippen molar-refractivity contribution in [3.63, 3.8) is 0 Å². The predicted octanol–water partition coefficient (Wildman–Crippen LogP) is 1.93. The summed E-state index contributed by atoms with van der Waals surface area (Å²) in [6, 6.07) is 9.59. The predicted molar refractivity (Wildman–Crippen MR) is 45.2 cm³/mol. The second-order valence-corrected chi connectivity index (χ2v) is 2.54. The molecule has 0 fully saturated rings. The molecule has 0 aliphatic carbocycles. The molecular formula is C10H8N2. The molecule has 0 aromatic heterocycles. The van der Waals surface area contributed by atoms with Crippen LogP contribution in [0.5, 0.6) is 0 Å². The van der Waals surface area contributed by atoms with Crippen molar-refractivity contribution in [2.75, 3.05) is 0 Å². The lowest BCUT2D eigenvalue weighted by Gasteiger charge is -2.01. The number of benzene rings is 1. The highest BCUT2D eigenvalue weighted by Crippen LogP contribution is 2.12. The van der Waals surface area contributed by atoms with Gasteiger partial charge in [-0.3, -0.25) is 0 Å². The summed E-state index contributed by atoms with van der Waals surface area (Å²) in [7, 11) is 0. The van der Waals surface area contributed by atoms with Gasteiger partial charge >= 0.3 is 0 Å². The highest BCUT2D eigenvalue weighted by atomic mass is 14.3. The molecule has 2 heteroatoms. The highest BCUT2D eigenvalue weighted by Gasteiger charge is 2.01. The van der Waals surface area contributed by atoms with Crippen molar-refractivity contribution >= 4 is 0 Å². The van der Waals surface area contributed by atoms with Crippen LogP contribution in [0.1, 0.15) is 16.7 Å². The number of nitriles is 2. The van der Waals surface area contributed by atoms with E-state index in [1.807, 2.05) is 13.0 Å². The van der Waals surface area contributed by atoms with E-state index in [9.17, 15) is 0 Å². The molecule has 0 radical (unpaired) electrons. The highest BCUT2D eigenvalue weighted by molar-refractivity contribution is 5.42. The van der Waals surface area contributed by atoms with Gasteiger partial charge in [-0.25, -0.2) is 0 Å². The Balaban J connectivity index is 3.18. The van der Waals surface area contributed by atoms with Gasteiger partial charge < -0.3 is 0 Å². The molecule has 0 heterocycles. The average molecular weight is 156 g/mol. The lowest BCUT2D eigenvalue weighted by atomic mass is 10.0. The third-order valence-electron chi connectivity index (χ3n) is 1.84. The second kappa shape index (κ2) is 3.55. The summed E-state index contributed by atoms with van der Waals surface area (Å²) in [6.45, 7) is 1.87. The maximum Gasteiger partial charge on any atom is 0.0994 e. The summed E-state index contributed by atoms with van der Waals surface area (Å²) in [5.74, 6) is 0. The first-order valence-corrected chi connectivity index (χ1v) is 3.65. The minimum absolute atomic E-state index is 0.376. The summed E-state index contributed by atoms with van der Waals surface area (Å²) < 4.78 is 0. The number of hydrogen-bond acceptors (Lipinski definition) is 2. The van der Waals surface area contributed by atoms with Crippen LogP contribution in [-0.2, 0) is 6.42 Å². The van der Waals surface area contributed by atoms with Crippen LogP contribution >= 0.6 is 0 Å². The van der Waals surface area contributed by atoms with Gasteiger partial charge in [0.25, 0.3) is 0 Å². The van der Waals surface area contributed by atoms with E-state index in [-0.39, 0.29) is 0 Å². The van der Waals surface area contributed by atoms with E-state index in [1.165, 1.54) is 0 Å². The molecule has 1 rings (SSSR count). The average Bonchev–Trinajstić information content (AvgIpc) is 2.09. The number of nitrogens with zero attached hydrogens (tertiary/aromatic N) is 2. The third-order valence-corrected chi connectivity index (χ3v) is 1.84. The summed E-state index contributed by atoms with van der Waals surface area (Å²) in [5.41, 5.74) is 2.51. The Hall–Kier alpha value is -1.80. The Labute approximate surface area is 71.7 Å². The van der Waals surface area contributed by atoms with Gasteiger partial charge in [0, 0.05) is 0 Å². The van der Waals surface area contributed by atoms with Gasteiger partial charge in [-0.2, -0.15) is 10.5 Å². The largest absolute Gasteiger partial charge is 0.198 e. The quantitative estimate of drug-likeness (QED) is 0.623. The zero-order valence-electron chi connectivity index (χ0n) is 6.83. The van der Waals surface area contributed by atoms with E-state index in [0.29, 0.717) is 12.0 Å². The van der Waals surface area contributed by atoms with Crippen molar-refractivity contribution in [2.45, 2.75) is 13.3 Å². The van der Waals surface area contributed by atoms with Gasteiger partial charge in [0.1, 0.15) is 0 Å². The fourth-order valence-corrected chi connectivity index (χ4v) is 1.08. The molecule has 12 heavy (non-hydrogen) atoms. The van der Waals surface area contributed by atoms with Crippen molar-refractivity contribution in [1.29, 1.82) is 10.5 Å². The SMILES string of the molecule is Cc1c(C#N)cccc1CC#N. The first-order chi connectivity index (χ1) is 5.79. The van der Waals surface area contributed by atoms with Crippen LogP contribution in [0.2, 0.25) is 0 Å². The third kappa shape index (κ3) is 1.44. The molecule has 0 unspecified atom stereocenters. The first kappa shape index (κ1) is 8.30. The molecule has 0 saturated carbocycles. The molecule has 0 spiro atoms. The molecule has 0 aliphatic heterocycles. The van der Waals surface area contributed by atoms with Gasteiger partial charge in [-0.1, -0.05) is 12.1 Å². The van der Waals surface area contributed by atoms with Gasteiger partial charge in [0.2, 0.25) is 0 Å². The normalized spacial score (nSPS) is 8.58. The zero-order chi connectivity index (χ0) is 8.97. The summed E-state index contributed by atoms with van der Waals surface area (Å²) >= 11 is 0. The Morgan fingerprint density at radius 3 is 2.67 bits per heavy atom. The lowest BCUT2D eigenvalue weighted by molar-refractivity contribution is 1.20. The van der Waals surface area contributed by atoms with E-state index in [2.05, 4.69) is 12.1 Å². The number of hydrogen-bond donors (Lipinski definition) is 0. The smallest absolute Gasteiger partial charge is 0.0994 e. The molecule has 0 N–H and O–H groups in total. The Morgan fingerprint density at radius 2 is 2.08 bits per heavy atom. The van der Waals surface area contributed by atoms with Crippen molar-refractivity contribution in [3.05, 3.63) is 34.9 Å². The van der Waals surface area contributed by atoms with Crippen molar-refractivity contribution in [3.8, 4) is 12.1 Å². The van der Waals surface area contributed by atoms with Crippen molar-refractivity contribution in [1.82, 2.24) is 0 Å². The monoisotopic (exact) mass is 156 g/mol. The van der Waals surface area contributed by atoms with Crippen LogP contribution in [0.25, 0.3) is 0 Å². The Kier molecular flexibility index (Phi) is 2.46. The van der Waals surface area contributed by atoms with Gasteiger partial charge in [-0.05, 0) is 24.1 Å². The fourth-order valence-electron chi connectivity index (χ4n) is 1.08. The molecule has 0 amide bonds. The summed E-state index contributed by atoms with van der Waals surface area (Å²) in [4.78, 5) is 0. The maximum absolute atomic E-state index is 8.68. The molecule has 58 valence electrons. The molecule has 1 aromatic carbocycles. The van der Waals surface area contributed by atoms with E-state index in [1.54, 1.807) is 12.1 Å². The van der Waals surface area contributed by atoms with Crippen LogP contribution in [-0.4, -0.2) is 0 Å². The molecule has 2 nitrogen and oxygen atoms in total. The topological polar surface area (TPSA) is 47.6 Å². The van der Waals surface area contributed by atoms with Gasteiger partial charge in [-0.15, -0.1) is 0 Å². The lowest BCUT2D eigenvalue weighted by Crippen LogP contribution is -1.90. The summed E-state index contributed by atoms with van der Waals surface area (Å²) in [6.07, 6.45) is 0.376. The fraction of sp³-hybridized carbons (Fsp3) is 0.200. The molecule has 1 aromatic rings. The van der Waals surface area contributed by atoms with Crippen molar-refractivity contribution < 1.29 is 0 Å². The van der Waals surface area contributed by atoms with Crippen molar-refractivity contribution in [2.24, 2.45) is 0 Å². The van der Waals surface area contributed by atoms with Gasteiger partial charge in [0.05, 0.1) is 24.1 Å². The van der Waals surface area contributed by atoms with E-state index in [4.69, 9.17) is 10.5 Å². The Morgan fingerprint density at radius 1 is 1.33 bits per heavy atom. The molecule has 0 aliphatic rings. The first-order valence-electron chi connectivity index (χ1n) is 3.65. The van der Waals surface area contributed by atoms with E-state index >= 15 is 0 Å². The number of rotatable bonds is 1. The maximum atomic E-state index is 8.68. The minimum Gasteiger partial charge on any atom is -0.198 e. The molecule has 0 bridgehead atoms. The minimum atomic E-state index is 0.376. The van der Waals surface area contributed by atoms with Crippen LogP contribution in [0.15, 0.2) is 18.2 Å². The van der Waals surface area contributed by atoms with Crippen LogP contribution in [0, 0.1) is 29.6 Å². The molecule has 0 saturated heterocycles.